The van der Waals surface area contributed by atoms with Crippen molar-refractivity contribution >= 4 is 39.4 Å². The van der Waals surface area contributed by atoms with E-state index in [9.17, 15) is 9.59 Å². The van der Waals surface area contributed by atoms with E-state index in [-0.39, 0.29) is 6.61 Å². The fourth-order valence-corrected chi connectivity index (χ4v) is 3.18. The van der Waals surface area contributed by atoms with E-state index in [0.29, 0.717) is 5.75 Å². The minimum absolute atomic E-state index is 0.203. The number of amides is 2. The maximum Gasteiger partial charge on any atom is 0.276 e. The fourth-order valence-electron chi connectivity index (χ4n) is 3.18. The molecule has 0 saturated carbocycles. The van der Waals surface area contributed by atoms with E-state index < -0.39 is 11.8 Å². The Bertz CT molecular complexity index is 1240. The van der Waals surface area contributed by atoms with Crippen molar-refractivity contribution in [3.8, 4) is 5.75 Å². The first-order valence-corrected chi connectivity index (χ1v) is 9.55. The second kappa shape index (κ2) is 8.92. The van der Waals surface area contributed by atoms with Gasteiger partial charge in [0, 0.05) is 6.08 Å². The van der Waals surface area contributed by atoms with Crippen molar-refractivity contribution in [3.63, 3.8) is 0 Å². The van der Waals surface area contributed by atoms with E-state index in [0.717, 1.165) is 27.1 Å². The molecule has 4 rings (SSSR count). The van der Waals surface area contributed by atoms with E-state index in [4.69, 9.17) is 4.74 Å². The molecule has 0 fully saturated rings. The molecule has 148 valence electrons. The third kappa shape index (κ3) is 4.64. The van der Waals surface area contributed by atoms with Crippen LogP contribution in [0.4, 0.5) is 0 Å². The first-order chi connectivity index (χ1) is 14.7. The summed E-state index contributed by atoms with van der Waals surface area (Å²) in [5.41, 5.74) is 5.64. The van der Waals surface area contributed by atoms with Gasteiger partial charge < -0.3 is 4.74 Å². The molecular weight excluding hydrogens is 376 g/mol. The lowest BCUT2D eigenvalue weighted by molar-refractivity contribution is -0.128. The predicted octanol–water partition coefficient (Wildman–Crippen LogP) is 4.23. The average molecular weight is 396 g/mol. The summed E-state index contributed by atoms with van der Waals surface area (Å²) in [5, 5.41) is 4.28. The van der Waals surface area contributed by atoms with Crippen LogP contribution < -0.4 is 15.6 Å². The third-order valence-electron chi connectivity index (χ3n) is 4.65. The highest BCUT2D eigenvalue weighted by Crippen LogP contribution is 2.21. The third-order valence-corrected chi connectivity index (χ3v) is 4.65. The Morgan fingerprint density at radius 1 is 0.767 bits per heavy atom. The van der Waals surface area contributed by atoms with Crippen molar-refractivity contribution in [2.45, 2.75) is 0 Å². The molecule has 2 N–H and O–H groups in total. The molecule has 0 saturated heterocycles. The van der Waals surface area contributed by atoms with Crippen LogP contribution in [0.25, 0.3) is 27.6 Å². The number of hydrogen-bond donors (Lipinski definition) is 2. The summed E-state index contributed by atoms with van der Waals surface area (Å²) in [6.07, 6.45) is 3.10. The van der Waals surface area contributed by atoms with Gasteiger partial charge in [0.15, 0.2) is 6.61 Å². The van der Waals surface area contributed by atoms with Gasteiger partial charge in [0.1, 0.15) is 5.75 Å². The molecule has 0 spiro atoms. The van der Waals surface area contributed by atoms with Crippen molar-refractivity contribution < 1.29 is 14.3 Å². The number of hydrazine groups is 1. The molecule has 0 bridgehead atoms. The number of fused-ring (bicyclic) bond motifs is 2. The van der Waals surface area contributed by atoms with Gasteiger partial charge in [-0.2, -0.15) is 0 Å². The van der Waals surface area contributed by atoms with Crippen molar-refractivity contribution in [1.82, 2.24) is 10.9 Å². The first kappa shape index (κ1) is 19.2. The van der Waals surface area contributed by atoms with Crippen LogP contribution in [-0.2, 0) is 9.59 Å². The van der Waals surface area contributed by atoms with Gasteiger partial charge in [-0.25, -0.2) is 0 Å². The highest BCUT2D eigenvalue weighted by atomic mass is 16.5. The maximum absolute atomic E-state index is 12.0. The molecule has 0 aliphatic carbocycles. The molecule has 30 heavy (non-hydrogen) atoms. The molecule has 0 aromatic heterocycles. The van der Waals surface area contributed by atoms with Gasteiger partial charge in [0.2, 0.25) is 0 Å². The van der Waals surface area contributed by atoms with Crippen molar-refractivity contribution in [2.24, 2.45) is 0 Å². The Hall–Kier alpha value is -4.12. The van der Waals surface area contributed by atoms with E-state index in [1.165, 1.54) is 6.08 Å². The standard InChI is InChI=1S/C25H20N2O3/c28-24(15-13-20-10-5-9-19-7-3-4-11-23(19)20)26-27-25(29)17-30-22-14-12-18-6-1-2-8-21(18)16-22/h1-16H,17H2,(H,26,28)(H,27,29)/b15-13+. The van der Waals surface area contributed by atoms with Gasteiger partial charge in [-0.3, -0.25) is 20.4 Å². The zero-order valence-electron chi connectivity index (χ0n) is 16.2. The summed E-state index contributed by atoms with van der Waals surface area (Å²) in [6, 6.07) is 27.3. The molecule has 0 unspecified atom stereocenters. The normalized spacial score (nSPS) is 10.9. The monoisotopic (exact) mass is 396 g/mol. The Morgan fingerprint density at radius 3 is 2.37 bits per heavy atom. The van der Waals surface area contributed by atoms with Crippen LogP contribution in [0.3, 0.4) is 0 Å². The van der Waals surface area contributed by atoms with E-state index in [1.807, 2.05) is 78.9 Å². The summed E-state index contributed by atoms with van der Waals surface area (Å²) < 4.78 is 5.50. The zero-order chi connectivity index (χ0) is 20.8. The molecule has 0 radical (unpaired) electrons. The summed E-state index contributed by atoms with van der Waals surface area (Å²) in [4.78, 5) is 24.0. The molecule has 5 heteroatoms. The molecular formula is C25H20N2O3. The largest absolute Gasteiger partial charge is 0.484 e. The molecule has 4 aromatic carbocycles. The number of carbonyl (C=O) groups excluding carboxylic acids is 2. The van der Waals surface area contributed by atoms with Gasteiger partial charge in [-0.15, -0.1) is 0 Å². The van der Waals surface area contributed by atoms with Crippen LogP contribution >= 0.6 is 0 Å². The minimum atomic E-state index is -0.449. The SMILES string of the molecule is O=C(/C=C/c1cccc2ccccc12)NNC(=O)COc1ccc2ccccc2c1. The summed E-state index contributed by atoms with van der Waals surface area (Å²) in [5.74, 6) is -0.289. The van der Waals surface area contributed by atoms with Gasteiger partial charge in [-0.1, -0.05) is 72.8 Å². The van der Waals surface area contributed by atoms with Crippen molar-refractivity contribution in [3.05, 3.63) is 96.6 Å². The van der Waals surface area contributed by atoms with Gasteiger partial charge in [0.25, 0.3) is 11.8 Å². The Balaban J connectivity index is 1.28. The minimum Gasteiger partial charge on any atom is -0.484 e. The molecule has 5 nitrogen and oxygen atoms in total. The van der Waals surface area contributed by atoms with Crippen LogP contribution in [-0.4, -0.2) is 18.4 Å². The number of rotatable bonds is 5. The Morgan fingerprint density at radius 2 is 1.50 bits per heavy atom. The van der Waals surface area contributed by atoms with E-state index >= 15 is 0 Å². The average Bonchev–Trinajstić information content (AvgIpc) is 2.79. The predicted molar refractivity (Wildman–Crippen MR) is 119 cm³/mol. The maximum atomic E-state index is 12.0. The van der Waals surface area contributed by atoms with Gasteiger partial charge >= 0.3 is 0 Å². The fraction of sp³-hybridized carbons (Fsp3) is 0.0400. The Labute approximate surface area is 173 Å². The lowest BCUT2D eigenvalue weighted by Gasteiger charge is -2.08. The van der Waals surface area contributed by atoms with Crippen LogP contribution in [0.2, 0.25) is 0 Å². The molecule has 0 heterocycles. The van der Waals surface area contributed by atoms with E-state index in [2.05, 4.69) is 10.9 Å². The van der Waals surface area contributed by atoms with Crippen LogP contribution in [0.15, 0.2) is 91.0 Å². The van der Waals surface area contributed by atoms with Crippen molar-refractivity contribution in [2.75, 3.05) is 6.61 Å². The van der Waals surface area contributed by atoms with Gasteiger partial charge in [-0.05, 0) is 45.3 Å². The Kier molecular flexibility index (Phi) is 5.71. The first-order valence-electron chi connectivity index (χ1n) is 9.55. The zero-order valence-corrected chi connectivity index (χ0v) is 16.2. The van der Waals surface area contributed by atoms with E-state index in [1.54, 1.807) is 12.1 Å². The highest BCUT2D eigenvalue weighted by Gasteiger charge is 2.05. The molecule has 2 amide bonds. The number of benzene rings is 4. The van der Waals surface area contributed by atoms with Gasteiger partial charge in [0.05, 0.1) is 0 Å². The summed E-state index contributed by atoms with van der Waals surface area (Å²) in [7, 11) is 0. The lowest BCUT2D eigenvalue weighted by atomic mass is 10.0. The number of hydrogen-bond acceptors (Lipinski definition) is 3. The molecule has 0 aliphatic rings. The number of ether oxygens (including phenoxy) is 1. The van der Waals surface area contributed by atoms with Crippen LogP contribution in [0.5, 0.6) is 5.75 Å². The van der Waals surface area contributed by atoms with Crippen molar-refractivity contribution in [1.29, 1.82) is 0 Å². The summed E-state index contributed by atoms with van der Waals surface area (Å²) >= 11 is 0. The molecule has 4 aromatic rings. The summed E-state index contributed by atoms with van der Waals surface area (Å²) in [6.45, 7) is -0.203. The highest BCUT2D eigenvalue weighted by molar-refractivity contribution is 5.97. The second-order valence-electron chi connectivity index (χ2n) is 6.74. The smallest absolute Gasteiger partial charge is 0.276 e. The number of carbonyl (C=O) groups is 2. The second-order valence-corrected chi connectivity index (χ2v) is 6.74. The lowest BCUT2D eigenvalue weighted by Crippen LogP contribution is -2.43. The molecule has 0 atom stereocenters. The van der Waals surface area contributed by atoms with Crippen LogP contribution in [0, 0.1) is 0 Å². The number of nitrogens with one attached hydrogen (secondary N) is 2. The van der Waals surface area contributed by atoms with Crippen LogP contribution in [0.1, 0.15) is 5.56 Å². The topological polar surface area (TPSA) is 67.4 Å². The quantitative estimate of drug-likeness (QED) is 0.392. The molecule has 0 aliphatic heterocycles.